The van der Waals surface area contributed by atoms with Crippen molar-refractivity contribution in [3.63, 3.8) is 0 Å². The van der Waals surface area contributed by atoms with E-state index in [-0.39, 0.29) is 5.91 Å². The van der Waals surface area contributed by atoms with Crippen LogP contribution in [0.5, 0.6) is 5.75 Å². The summed E-state index contributed by atoms with van der Waals surface area (Å²) in [5.41, 5.74) is 0. The molecule has 1 amide bonds. The minimum absolute atomic E-state index is 0.0867. The Morgan fingerprint density at radius 1 is 1.65 bits per heavy atom. The second-order valence-corrected chi connectivity index (χ2v) is 5.41. The second kappa shape index (κ2) is 5.74. The summed E-state index contributed by atoms with van der Waals surface area (Å²) >= 11 is 7.20. The molecule has 3 nitrogen and oxygen atoms in total. The molecule has 1 aromatic heterocycles. The van der Waals surface area contributed by atoms with Crippen molar-refractivity contribution in [3.8, 4) is 5.75 Å². The molecule has 1 aliphatic carbocycles. The van der Waals surface area contributed by atoms with E-state index in [0.29, 0.717) is 18.5 Å². The van der Waals surface area contributed by atoms with Crippen LogP contribution >= 0.6 is 22.9 Å². The molecule has 0 bridgehead atoms. The summed E-state index contributed by atoms with van der Waals surface area (Å²) in [4.78, 5) is 15.0. The topological polar surface area (TPSA) is 29.5 Å². The van der Waals surface area contributed by atoms with Crippen LogP contribution in [0.4, 0.5) is 0 Å². The molecule has 0 radical (unpaired) electrons. The zero-order valence-corrected chi connectivity index (χ0v) is 11.4. The van der Waals surface area contributed by atoms with E-state index in [4.69, 9.17) is 16.3 Å². The molecule has 1 fully saturated rings. The van der Waals surface area contributed by atoms with Gasteiger partial charge in [-0.15, -0.1) is 22.9 Å². The van der Waals surface area contributed by atoms with Crippen molar-refractivity contribution >= 4 is 28.8 Å². The minimum Gasteiger partial charge on any atom is -0.496 e. The lowest BCUT2D eigenvalue weighted by molar-refractivity contribution is 0.0603. The van der Waals surface area contributed by atoms with E-state index in [1.807, 2.05) is 10.3 Å². The van der Waals surface area contributed by atoms with Crippen molar-refractivity contribution in [2.75, 3.05) is 19.5 Å². The number of carbonyl (C=O) groups is 1. The Labute approximate surface area is 110 Å². The van der Waals surface area contributed by atoms with Gasteiger partial charge < -0.3 is 9.64 Å². The van der Waals surface area contributed by atoms with Crippen LogP contribution in [0.1, 0.15) is 28.9 Å². The zero-order valence-electron chi connectivity index (χ0n) is 9.82. The molecule has 0 unspecified atom stereocenters. The van der Waals surface area contributed by atoms with Gasteiger partial charge in [-0.1, -0.05) is 0 Å². The van der Waals surface area contributed by atoms with E-state index in [2.05, 4.69) is 0 Å². The standard InChI is InChI=1S/C12H16ClNO2S/c1-16-10-7-11(17-8-10)12(15)14(6-5-13)9-3-2-4-9/h7-9H,2-6H2,1H3. The van der Waals surface area contributed by atoms with Crippen LogP contribution < -0.4 is 4.74 Å². The molecule has 2 rings (SSSR count). The lowest BCUT2D eigenvalue weighted by Gasteiger charge is -2.37. The Morgan fingerprint density at radius 2 is 2.41 bits per heavy atom. The van der Waals surface area contributed by atoms with E-state index in [0.717, 1.165) is 23.5 Å². The van der Waals surface area contributed by atoms with Gasteiger partial charge in [0, 0.05) is 29.9 Å². The first-order valence-electron chi connectivity index (χ1n) is 5.75. The Bertz CT molecular complexity index is 390. The molecule has 0 saturated heterocycles. The minimum atomic E-state index is 0.0867. The van der Waals surface area contributed by atoms with E-state index < -0.39 is 0 Å². The number of carbonyl (C=O) groups excluding carboxylic acids is 1. The normalized spacial score (nSPS) is 15.4. The molecule has 17 heavy (non-hydrogen) atoms. The molecular weight excluding hydrogens is 258 g/mol. The maximum atomic E-state index is 12.3. The van der Waals surface area contributed by atoms with Crippen LogP contribution in [-0.4, -0.2) is 36.4 Å². The fourth-order valence-corrected chi connectivity index (χ4v) is 2.91. The first-order valence-corrected chi connectivity index (χ1v) is 7.17. The summed E-state index contributed by atoms with van der Waals surface area (Å²) in [5, 5.41) is 1.85. The highest BCUT2D eigenvalue weighted by Crippen LogP contribution is 2.29. The Kier molecular flexibility index (Phi) is 4.29. The lowest BCUT2D eigenvalue weighted by atomic mass is 9.91. The number of hydrogen-bond donors (Lipinski definition) is 0. The van der Waals surface area contributed by atoms with Crippen LogP contribution in [-0.2, 0) is 0 Å². The van der Waals surface area contributed by atoms with Crippen molar-refractivity contribution in [2.24, 2.45) is 0 Å². The number of nitrogens with zero attached hydrogens (tertiary/aromatic N) is 1. The third-order valence-electron chi connectivity index (χ3n) is 3.12. The Balaban J connectivity index is 2.09. The molecule has 0 spiro atoms. The molecule has 5 heteroatoms. The van der Waals surface area contributed by atoms with Gasteiger partial charge in [0.05, 0.1) is 12.0 Å². The van der Waals surface area contributed by atoms with E-state index in [1.165, 1.54) is 17.8 Å². The number of rotatable bonds is 5. The lowest BCUT2D eigenvalue weighted by Crippen LogP contribution is -2.45. The van der Waals surface area contributed by atoms with Crippen molar-refractivity contribution in [1.29, 1.82) is 0 Å². The predicted octanol–water partition coefficient (Wildman–Crippen LogP) is 2.99. The maximum Gasteiger partial charge on any atom is 0.264 e. The molecular formula is C12H16ClNO2S. The fraction of sp³-hybridized carbons (Fsp3) is 0.583. The molecule has 1 saturated carbocycles. The quantitative estimate of drug-likeness (QED) is 0.772. The first kappa shape index (κ1) is 12.7. The van der Waals surface area contributed by atoms with E-state index >= 15 is 0 Å². The molecule has 1 heterocycles. The number of methoxy groups -OCH3 is 1. The van der Waals surface area contributed by atoms with Gasteiger partial charge in [-0.3, -0.25) is 4.79 Å². The van der Waals surface area contributed by atoms with Crippen LogP contribution in [0.25, 0.3) is 0 Å². The molecule has 1 aliphatic rings. The average Bonchev–Trinajstić information content (AvgIpc) is 2.73. The smallest absolute Gasteiger partial charge is 0.264 e. The summed E-state index contributed by atoms with van der Waals surface area (Å²) in [5.74, 6) is 1.33. The van der Waals surface area contributed by atoms with Crippen LogP contribution in [0.3, 0.4) is 0 Å². The third-order valence-corrected chi connectivity index (χ3v) is 4.19. The molecule has 0 aromatic carbocycles. The molecule has 0 atom stereocenters. The van der Waals surface area contributed by atoms with Gasteiger partial charge in [0.25, 0.3) is 5.91 Å². The van der Waals surface area contributed by atoms with E-state index in [1.54, 1.807) is 13.2 Å². The van der Waals surface area contributed by atoms with Crippen LogP contribution in [0.2, 0.25) is 0 Å². The summed E-state index contributed by atoms with van der Waals surface area (Å²) in [6.45, 7) is 0.630. The van der Waals surface area contributed by atoms with Crippen molar-refractivity contribution in [2.45, 2.75) is 25.3 Å². The summed E-state index contributed by atoms with van der Waals surface area (Å²) < 4.78 is 5.10. The Hall–Kier alpha value is -0.740. The highest BCUT2D eigenvalue weighted by atomic mass is 35.5. The van der Waals surface area contributed by atoms with E-state index in [9.17, 15) is 4.79 Å². The monoisotopic (exact) mass is 273 g/mol. The zero-order chi connectivity index (χ0) is 12.3. The largest absolute Gasteiger partial charge is 0.496 e. The Morgan fingerprint density at radius 3 is 2.88 bits per heavy atom. The van der Waals surface area contributed by atoms with Gasteiger partial charge in [-0.05, 0) is 19.3 Å². The maximum absolute atomic E-state index is 12.3. The van der Waals surface area contributed by atoms with Crippen molar-refractivity contribution in [3.05, 3.63) is 16.3 Å². The number of ether oxygens (including phenoxy) is 1. The third kappa shape index (κ3) is 2.75. The second-order valence-electron chi connectivity index (χ2n) is 4.12. The van der Waals surface area contributed by atoms with Crippen LogP contribution in [0.15, 0.2) is 11.4 Å². The summed E-state index contributed by atoms with van der Waals surface area (Å²) in [6.07, 6.45) is 3.42. The number of hydrogen-bond acceptors (Lipinski definition) is 3. The molecule has 0 N–H and O–H groups in total. The van der Waals surface area contributed by atoms with Crippen molar-refractivity contribution in [1.82, 2.24) is 4.90 Å². The molecule has 0 aliphatic heterocycles. The van der Waals surface area contributed by atoms with Gasteiger partial charge in [0.15, 0.2) is 0 Å². The van der Waals surface area contributed by atoms with Gasteiger partial charge in [-0.25, -0.2) is 0 Å². The molecule has 1 aromatic rings. The highest BCUT2D eigenvalue weighted by molar-refractivity contribution is 7.12. The van der Waals surface area contributed by atoms with Crippen LogP contribution in [0, 0.1) is 0 Å². The summed E-state index contributed by atoms with van der Waals surface area (Å²) in [7, 11) is 1.61. The number of alkyl halides is 1. The van der Waals surface area contributed by atoms with Gasteiger partial charge in [-0.2, -0.15) is 0 Å². The number of amides is 1. The van der Waals surface area contributed by atoms with Gasteiger partial charge in [0.1, 0.15) is 5.75 Å². The van der Waals surface area contributed by atoms with Gasteiger partial charge in [0.2, 0.25) is 0 Å². The first-order chi connectivity index (χ1) is 8.26. The van der Waals surface area contributed by atoms with Crippen molar-refractivity contribution < 1.29 is 9.53 Å². The summed E-state index contributed by atoms with van der Waals surface area (Å²) in [6, 6.07) is 2.18. The SMILES string of the molecule is COc1csc(C(=O)N(CCCl)C2CCC2)c1. The van der Waals surface area contributed by atoms with Gasteiger partial charge >= 0.3 is 0 Å². The predicted molar refractivity (Wildman–Crippen MR) is 70.3 cm³/mol. The average molecular weight is 274 g/mol. The highest BCUT2D eigenvalue weighted by Gasteiger charge is 2.29. The number of thiophene rings is 1. The fourth-order valence-electron chi connectivity index (χ4n) is 1.92. The molecule has 94 valence electrons. The number of halogens is 1.